The SMILES string of the molecule is O=C1NC(CC(=O)N2CCc3oc(Cc4ccccc4)nc3C2)c2ccccc21. The Morgan fingerprint density at radius 3 is 2.79 bits per heavy atom. The van der Waals surface area contributed by atoms with Crippen LogP contribution in [0.5, 0.6) is 0 Å². The van der Waals surface area contributed by atoms with Crippen molar-refractivity contribution < 1.29 is 14.0 Å². The summed E-state index contributed by atoms with van der Waals surface area (Å²) in [5.74, 6) is 1.47. The number of carbonyl (C=O) groups excluding carboxylic acids is 2. The van der Waals surface area contributed by atoms with Crippen LogP contribution in [0.25, 0.3) is 0 Å². The van der Waals surface area contributed by atoms with Gasteiger partial charge in [-0.1, -0.05) is 48.5 Å². The Bertz CT molecular complexity index is 1070. The summed E-state index contributed by atoms with van der Waals surface area (Å²) in [4.78, 5) is 31.4. The van der Waals surface area contributed by atoms with E-state index in [1.807, 2.05) is 53.4 Å². The van der Waals surface area contributed by atoms with E-state index in [0.717, 1.165) is 22.6 Å². The van der Waals surface area contributed by atoms with Crippen LogP contribution < -0.4 is 5.32 Å². The quantitative estimate of drug-likeness (QED) is 0.747. The summed E-state index contributed by atoms with van der Waals surface area (Å²) < 4.78 is 5.93. The van der Waals surface area contributed by atoms with Gasteiger partial charge in [0.2, 0.25) is 5.91 Å². The lowest BCUT2D eigenvalue weighted by Crippen LogP contribution is -2.37. The number of hydrogen-bond acceptors (Lipinski definition) is 4. The van der Waals surface area contributed by atoms with Gasteiger partial charge in [0.05, 0.1) is 19.0 Å². The molecule has 2 aliphatic rings. The lowest BCUT2D eigenvalue weighted by molar-refractivity contribution is -0.132. The molecular formula is C23H21N3O3. The summed E-state index contributed by atoms with van der Waals surface area (Å²) in [7, 11) is 0. The number of benzene rings is 2. The zero-order chi connectivity index (χ0) is 19.8. The summed E-state index contributed by atoms with van der Waals surface area (Å²) >= 11 is 0. The van der Waals surface area contributed by atoms with Crippen LogP contribution in [0.2, 0.25) is 0 Å². The van der Waals surface area contributed by atoms with Crippen molar-refractivity contribution in [2.45, 2.75) is 31.8 Å². The molecule has 6 nitrogen and oxygen atoms in total. The van der Waals surface area contributed by atoms with Crippen LogP contribution >= 0.6 is 0 Å². The molecule has 0 saturated carbocycles. The maximum Gasteiger partial charge on any atom is 0.252 e. The van der Waals surface area contributed by atoms with E-state index in [1.165, 1.54) is 0 Å². The van der Waals surface area contributed by atoms with Crippen molar-refractivity contribution in [3.8, 4) is 0 Å². The molecule has 0 fully saturated rings. The largest absolute Gasteiger partial charge is 0.445 e. The fourth-order valence-electron chi connectivity index (χ4n) is 4.10. The second-order valence-corrected chi connectivity index (χ2v) is 7.52. The topological polar surface area (TPSA) is 75.4 Å². The molecule has 3 heterocycles. The predicted molar refractivity (Wildman–Crippen MR) is 106 cm³/mol. The van der Waals surface area contributed by atoms with Crippen molar-refractivity contribution in [1.29, 1.82) is 0 Å². The first kappa shape index (κ1) is 17.7. The number of aromatic nitrogens is 1. The van der Waals surface area contributed by atoms with E-state index < -0.39 is 0 Å². The van der Waals surface area contributed by atoms with E-state index in [4.69, 9.17) is 4.42 Å². The van der Waals surface area contributed by atoms with E-state index in [-0.39, 0.29) is 24.3 Å². The van der Waals surface area contributed by atoms with Gasteiger partial charge in [0.15, 0.2) is 5.89 Å². The Morgan fingerprint density at radius 2 is 1.93 bits per heavy atom. The molecule has 1 atom stereocenters. The molecular weight excluding hydrogens is 366 g/mol. The molecule has 2 aromatic carbocycles. The molecule has 2 aliphatic heterocycles. The van der Waals surface area contributed by atoms with Crippen molar-refractivity contribution in [2.75, 3.05) is 6.54 Å². The van der Waals surface area contributed by atoms with Crippen LogP contribution in [-0.4, -0.2) is 28.2 Å². The average molecular weight is 387 g/mol. The van der Waals surface area contributed by atoms with Crippen molar-refractivity contribution in [3.05, 3.63) is 88.6 Å². The highest BCUT2D eigenvalue weighted by Gasteiger charge is 2.32. The van der Waals surface area contributed by atoms with E-state index >= 15 is 0 Å². The molecule has 5 rings (SSSR count). The van der Waals surface area contributed by atoms with Crippen LogP contribution in [0.3, 0.4) is 0 Å². The lowest BCUT2D eigenvalue weighted by atomic mass is 10.0. The molecule has 0 saturated heterocycles. The average Bonchev–Trinajstić information content (AvgIpc) is 3.28. The van der Waals surface area contributed by atoms with Crippen LogP contribution in [0.15, 0.2) is 59.0 Å². The highest BCUT2D eigenvalue weighted by Crippen LogP contribution is 2.29. The lowest BCUT2D eigenvalue weighted by Gasteiger charge is -2.26. The molecule has 0 spiro atoms. The van der Waals surface area contributed by atoms with Crippen LogP contribution in [0.4, 0.5) is 0 Å². The number of nitrogens with zero attached hydrogens (tertiary/aromatic N) is 2. The van der Waals surface area contributed by atoms with E-state index in [0.29, 0.717) is 37.4 Å². The molecule has 6 heteroatoms. The van der Waals surface area contributed by atoms with Gasteiger partial charge in [-0.2, -0.15) is 0 Å². The monoisotopic (exact) mass is 387 g/mol. The maximum absolute atomic E-state index is 12.9. The summed E-state index contributed by atoms with van der Waals surface area (Å²) in [6, 6.07) is 17.3. The fraction of sp³-hybridized carbons (Fsp3) is 0.261. The Kier molecular flexibility index (Phi) is 4.39. The minimum absolute atomic E-state index is 0.0188. The van der Waals surface area contributed by atoms with Gasteiger partial charge in [-0.3, -0.25) is 9.59 Å². The third kappa shape index (κ3) is 3.42. The second kappa shape index (κ2) is 7.20. The summed E-state index contributed by atoms with van der Waals surface area (Å²) in [5, 5.41) is 2.92. The number of hydrogen-bond donors (Lipinski definition) is 1. The summed E-state index contributed by atoms with van der Waals surface area (Å²) in [6.07, 6.45) is 1.57. The van der Waals surface area contributed by atoms with Gasteiger partial charge < -0.3 is 14.6 Å². The van der Waals surface area contributed by atoms with E-state index in [9.17, 15) is 9.59 Å². The van der Waals surface area contributed by atoms with Gasteiger partial charge in [-0.05, 0) is 17.2 Å². The summed E-state index contributed by atoms with van der Waals surface area (Å²) in [6.45, 7) is 1.06. The Balaban J connectivity index is 1.26. The first-order valence-electron chi connectivity index (χ1n) is 9.86. The normalized spacial score (nSPS) is 17.6. The highest BCUT2D eigenvalue weighted by molar-refractivity contribution is 5.99. The molecule has 1 unspecified atom stereocenters. The molecule has 29 heavy (non-hydrogen) atoms. The predicted octanol–water partition coefficient (Wildman–Crippen LogP) is 3.02. The summed E-state index contributed by atoms with van der Waals surface area (Å²) in [5.41, 5.74) is 3.55. The molecule has 1 aromatic heterocycles. The number of amides is 2. The molecule has 2 amide bonds. The highest BCUT2D eigenvalue weighted by atomic mass is 16.4. The fourth-order valence-corrected chi connectivity index (χ4v) is 4.10. The van der Waals surface area contributed by atoms with Gasteiger partial charge in [-0.15, -0.1) is 0 Å². The smallest absolute Gasteiger partial charge is 0.252 e. The van der Waals surface area contributed by atoms with Crippen LogP contribution in [-0.2, 0) is 24.2 Å². The van der Waals surface area contributed by atoms with Gasteiger partial charge in [0, 0.05) is 24.9 Å². The zero-order valence-corrected chi connectivity index (χ0v) is 15.9. The molecule has 146 valence electrons. The minimum Gasteiger partial charge on any atom is -0.445 e. The van der Waals surface area contributed by atoms with Crippen LogP contribution in [0, 0.1) is 0 Å². The maximum atomic E-state index is 12.9. The third-order valence-electron chi connectivity index (χ3n) is 5.59. The van der Waals surface area contributed by atoms with E-state index in [1.54, 1.807) is 6.07 Å². The number of fused-ring (bicyclic) bond motifs is 2. The number of oxazole rings is 1. The standard InChI is InChI=1S/C23H21N3O3/c27-22(13-18-16-8-4-5-9-17(16)23(28)25-18)26-11-10-20-19(14-26)24-21(29-20)12-15-6-2-1-3-7-15/h1-9,18H,10-14H2,(H,25,28). The molecule has 3 aromatic rings. The molecule has 0 radical (unpaired) electrons. The van der Waals surface area contributed by atoms with Crippen molar-refractivity contribution in [3.63, 3.8) is 0 Å². The Labute approximate surface area is 168 Å². The van der Waals surface area contributed by atoms with Gasteiger partial charge in [-0.25, -0.2) is 4.98 Å². The van der Waals surface area contributed by atoms with Gasteiger partial charge >= 0.3 is 0 Å². The number of nitrogens with one attached hydrogen (secondary N) is 1. The minimum atomic E-state index is -0.265. The van der Waals surface area contributed by atoms with Crippen molar-refractivity contribution in [2.24, 2.45) is 0 Å². The van der Waals surface area contributed by atoms with Gasteiger partial charge in [0.25, 0.3) is 5.91 Å². The van der Waals surface area contributed by atoms with Gasteiger partial charge in [0.1, 0.15) is 11.5 Å². The zero-order valence-electron chi connectivity index (χ0n) is 15.9. The third-order valence-corrected chi connectivity index (χ3v) is 5.59. The van der Waals surface area contributed by atoms with Crippen LogP contribution in [0.1, 0.15) is 51.3 Å². The van der Waals surface area contributed by atoms with Crippen molar-refractivity contribution in [1.82, 2.24) is 15.2 Å². The van der Waals surface area contributed by atoms with Crippen molar-refractivity contribution >= 4 is 11.8 Å². The number of rotatable bonds is 4. The molecule has 0 aliphatic carbocycles. The number of carbonyl (C=O) groups is 2. The Morgan fingerprint density at radius 1 is 1.14 bits per heavy atom. The first-order chi connectivity index (χ1) is 14.2. The molecule has 0 bridgehead atoms. The Hall–Kier alpha value is -3.41. The second-order valence-electron chi connectivity index (χ2n) is 7.52. The molecule has 1 N–H and O–H groups in total. The first-order valence-corrected chi connectivity index (χ1v) is 9.86. The van der Waals surface area contributed by atoms with E-state index in [2.05, 4.69) is 10.3 Å².